The lowest BCUT2D eigenvalue weighted by Crippen LogP contribution is -1.87. The van der Waals surface area contributed by atoms with Crippen LogP contribution >= 0.6 is 27.3 Å². The van der Waals surface area contributed by atoms with Crippen LogP contribution < -0.4 is 10.5 Å². The fraction of sp³-hybridized carbons (Fsp3) is 0.118. The number of methoxy groups -OCH3 is 1. The van der Waals surface area contributed by atoms with E-state index in [0.717, 1.165) is 42.3 Å². The van der Waals surface area contributed by atoms with Crippen LogP contribution in [0.5, 0.6) is 5.75 Å². The van der Waals surface area contributed by atoms with Crippen LogP contribution in [0.4, 0.5) is 5.69 Å². The highest BCUT2D eigenvalue weighted by atomic mass is 79.9. The van der Waals surface area contributed by atoms with Crippen LogP contribution in [0, 0.1) is 6.92 Å². The van der Waals surface area contributed by atoms with E-state index in [1.54, 1.807) is 18.4 Å². The molecule has 0 aliphatic heterocycles. The molecule has 0 radical (unpaired) electrons. The third-order valence-corrected chi connectivity index (χ3v) is 4.99. The second kappa shape index (κ2) is 6.10. The van der Waals surface area contributed by atoms with Gasteiger partial charge in [-0.1, -0.05) is 12.1 Å². The number of fused-ring (bicyclic) bond motifs is 1. The Labute approximate surface area is 141 Å². The summed E-state index contributed by atoms with van der Waals surface area (Å²) in [5, 5.41) is 0.965. The minimum Gasteiger partial charge on any atom is -0.496 e. The number of ether oxygens (including phenoxy) is 1. The van der Waals surface area contributed by atoms with E-state index in [-0.39, 0.29) is 0 Å². The van der Waals surface area contributed by atoms with E-state index in [0.29, 0.717) is 0 Å². The first kappa shape index (κ1) is 15.1. The number of thiazole rings is 1. The number of halogens is 1. The summed E-state index contributed by atoms with van der Waals surface area (Å²) in [4.78, 5) is 4.63. The van der Waals surface area contributed by atoms with Gasteiger partial charge in [-0.05, 0) is 64.3 Å². The summed E-state index contributed by atoms with van der Waals surface area (Å²) >= 11 is 5.13. The van der Waals surface area contributed by atoms with Crippen LogP contribution in [0.1, 0.15) is 16.1 Å². The molecular weight excluding hydrogens is 360 g/mol. The minimum atomic E-state index is 0.811. The molecule has 0 unspecified atom stereocenters. The van der Waals surface area contributed by atoms with Gasteiger partial charge in [0.2, 0.25) is 0 Å². The lowest BCUT2D eigenvalue weighted by Gasteiger charge is -2.03. The molecule has 0 saturated heterocycles. The van der Waals surface area contributed by atoms with Crippen molar-refractivity contribution in [1.82, 2.24) is 4.98 Å². The Hall–Kier alpha value is -1.85. The molecule has 0 amide bonds. The summed E-state index contributed by atoms with van der Waals surface area (Å²) in [6.45, 7) is 2.00. The first-order chi connectivity index (χ1) is 10.6. The smallest absolute Gasteiger partial charge is 0.133 e. The van der Waals surface area contributed by atoms with Crippen LogP contribution in [-0.4, -0.2) is 12.1 Å². The Morgan fingerprint density at radius 2 is 2.05 bits per heavy atom. The molecule has 0 bridgehead atoms. The van der Waals surface area contributed by atoms with Gasteiger partial charge in [0.15, 0.2) is 0 Å². The third kappa shape index (κ3) is 3.00. The molecule has 0 saturated carbocycles. The second-order valence-corrected chi connectivity index (χ2v) is 6.87. The van der Waals surface area contributed by atoms with E-state index < -0.39 is 0 Å². The number of anilines is 1. The molecule has 112 valence electrons. The van der Waals surface area contributed by atoms with Gasteiger partial charge in [-0.3, -0.25) is 0 Å². The molecule has 0 spiro atoms. The molecule has 3 nitrogen and oxygen atoms in total. The van der Waals surface area contributed by atoms with Crippen molar-refractivity contribution >= 4 is 55.3 Å². The molecule has 5 heteroatoms. The van der Waals surface area contributed by atoms with Crippen LogP contribution in [0.25, 0.3) is 22.4 Å². The van der Waals surface area contributed by atoms with Gasteiger partial charge in [0.05, 0.1) is 21.8 Å². The van der Waals surface area contributed by atoms with Crippen molar-refractivity contribution in [3.8, 4) is 5.75 Å². The monoisotopic (exact) mass is 374 g/mol. The van der Waals surface area contributed by atoms with E-state index in [1.807, 2.05) is 49.4 Å². The molecule has 1 aromatic heterocycles. The van der Waals surface area contributed by atoms with Crippen molar-refractivity contribution in [2.24, 2.45) is 0 Å². The maximum absolute atomic E-state index is 5.95. The van der Waals surface area contributed by atoms with E-state index in [4.69, 9.17) is 10.5 Å². The molecule has 0 fully saturated rings. The number of nitrogens with zero attached hydrogens (tertiary/aromatic N) is 1. The van der Waals surface area contributed by atoms with E-state index in [9.17, 15) is 0 Å². The Balaban J connectivity index is 1.90. The standard InChI is InChI=1S/C17H15BrN2OS/c1-10-7-14-16(9-13(10)19)22-17(20-14)6-4-11-3-5-15(21-2)12(18)8-11/h3-9H,19H2,1-2H3. The Kier molecular flexibility index (Phi) is 4.18. The second-order valence-electron chi connectivity index (χ2n) is 4.96. The molecule has 0 atom stereocenters. The number of aromatic nitrogens is 1. The lowest BCUT2D eigenvalue weighted by atomic mass is 10.2. The zero-order valence-corrected chi connectivity index (χ0v) is 14.7. The largest absolute Gasteiger partial charge is 0.496 e. The Morgan fingerprint density at radius 3 is 2.77 bits per heavy atom. The van der Waals surface area contributed by atoms with Crippen molar-refractivity contribution in [2.75, 3.05) is 12.8 Å². The summed E-state index contributed by atoms with van der Waals surface area (Å²) < 4.78 is 7.28. The first-order valence-electron chi connectivity index (χ1n) is 6.75. The summed E-state index contributed by atoms with van der Waals surface area (Å²) in [5.74, 6) is 0.822. The zero-order valence-electron chi connectivity index (χ0n) is 12.3. The Morgan fingerprint density at radius 1 is 1.23 bits per heavy atom. The van der Waals surface area contributed by atoms with Gasteiger partial charge in [0.25, 0.3) is 0 Å². The normalized spacial score (nSPS) is 11.4. The molecule has 0 aliphatic carbocycles. The van der Waals surface area contributed by atoms with Crippen LogP contribution in [0.15, 0.2) is 34.8 Å². The summed E-state index contributed by atoms with van der Waals surface area (Å²) in [6.07, 6.45) is 4.06. The van der Waals surface area contributed by atoms with Gasteiger partial charge in [0, 0.05) is 5.69 Å². The number of hydrogen-bond donors (Lipinski definition) is 1. The minimum absolute atomic E-state index is 0.811. The number of hydrogen-bond acceptors (Lipinski definition) is 4. The number of nitrogens with two attached hydrogens (primary N) is 1. The molecule has 1 heterocycles. The number of nitrogen functional groups attached to an aromatic ring is 1. The van der Waals surface area contributed by atoms with Crippen molar-refractivity contribution in [1.29, 1.82) is 0 Å². The number of aryl methyl sites for hydroxylation is 1. The van der Waals surface area contributed by atoms with E-state index in [2.05, 4.69) is 20.9 Å². The van der Waals surface area contributed by atoms with Gasteiger partial charge < -0.3 is 10.5 Å². The zero-order chi connectivity index (χ0) is 15.7. The molecule has 2 aromatic carbocycles. The van der Waals surface area contributed by atoms with Crippen LogP contribution in [0.2, 0.25) is 0 Å². The highest BCUT2D eigenvalue weighted by molar-refractivity contribution is 9.10. The van der Waals surface area contributed by atoms with Crippen LogP contribution in [0.3, 0.4) is 0 Å². The fourth-order valence-corrected chi connectivity index (χ4v) is 3.60. The SMILES string of the molecule is COc1ccc(C=Cc2nc3cc(C)c(N)cc3s2)cc1Br. The predicted octanol–water partition coefficient (Wildman–Crippen LogP) is 5.13. The maximum Gasteiger partial charge on any atom is 0.133 e. The maximum atomic E-state index is 5.95. The van der Waals surface area contributed by atoms with E-state index in [1.165, 1.54) is 0 Å². The van der Waals surface area contributed by atoms with Gasteiger partial charge in [-0.15, -0.1) is 11.3 Å². The summed E-state index contributed by atoms with van der Waals surface area (Å²) in [5.41, 5.74) is 9.90. The van der Waals surface area contributed by atoms with Crippen LogP contribution in [-0.2, 0) is 0 Å². The highest BCUT2D eigenvalue weighted by Crippen LogP contribution is 2.29. The predicted molar refractivity (Wildman–Crippen MR) is 98.4 cm³/mol. The van der Waals surface area contributed by atoms with Gasteiger partial charge in [0.1, 0.15) is 10.8 Å². The summed E-state index contributed by atoms with van der Waals surface area (Å²) in [6, 6.07) is 9.98. The van der Waals surface area contributed by atoms with Crippen molar-refractivity contribution in [3.63, 3.8) is 0 Å². The van der Waals surface area contributed by atoms with Crippen molar-refractivity contribution < 1.29 is 4.74 Å². The fourth-order valence-electron chi connectivity index (χ4n) is 2.14. The summed E-state index contributed by atoms with van der Waals surface area (Å²) in [7, 11) is 1.66. The van der Waals surface area contributed by atoms with E-state index >= 15 is 0 Å². The van der Waals surface area contributed by atoms with Gasteiger partial charge in [-0.2, -0.15) is 0 Å². The molecule has 3 aromatic rings. The molecule has 22 heavy (non-hydrogen) atoms. The first-order valence-corrected chi connectivity index (χ1v) is 8.36. The molecule has 3 rings (SSSR count). The average Bonchev–Trinajstić information content (AvgIpc) is 2.87. The number of rotatable bonds is 3. The number of benzene rings is 2. The molecule has 2 N–H and O–H groups in total. The average molecular weight is 375 g/mol. The van der Waals surface area contributed by atoms with Crippen molar-refractivity contribution in [2.45, 2.75) is 6.92 Å². The molecular formula is C17H15BrN2OS. The van der Waals surface area contributed by atoms with Gasteiger partial charge >= 0.3 is 0 Å². The van der Waals surface area contributed by atoms with Crippen molar-refractivity contribution in [3.05, 3.63) is 50.9 Å². The quantitative estimate of drug-likeness (QED) is 0.646. The third-order valence-electron chi connectivity index (χ3n) is 3.39. The lowest BCUT2D eigenvalue weighted by molar-refractivity contribution is 0.412. The topological polar surface area (TPSA) is 48.1 Å². The Bertz CT molecular complexity index is 831. The molecule has 0 aliphatic rings. The highest BCUT2D eigenvalue weighted by Gasteiger charge is 2.04. The van der Waals surface area contributed by atoms with Gasteiger partial charge in [-0.25, -0.2) is 4.98 Å².